The molecule has 0 radical (unpaired) electrons. The van der Waals surface area contributed by atoms with Crippen molar-refractivity contribution >= 4 is 33.2 Å². The number of rotatable bonds is 8. The molecule has 0 bridgehead atoms. The van der Waals surface area contributed by atoms with Crippen LogP contribution in [0.3, 0.4) is 0 Å². The number of carbonyl (C=O) groups is 1. The molecule has 0 saturated carbocycles. The third-order valence-electron chi connectivity index (χ3n) is 4.14. The van der Waals surface area contributed by atoms with Gasteiger partial charge in [0.05, 0.1) is 18.5 Å². The Morgan fingerprint density at radius 3 is 2.43 bits per heavy atom. The van der Waals surface area contributed by atoms with Crippen molar-refractivity contribution in [2.45, 2.75) is 20.8 Å². The maximum absolute atomic E-state index is 12.2. The first kappa shape index (κ1) is 22.0. The lowest BCUT2D eigenvalue weighted by Crippen LogP contribution is -2.41. The van der Waals surface area contributed by atoms with Crippen molar-refractivity contribution < 1.29 is 17.9 Å². The van der Waals surface area contributed by atoms with Crippen LogP contribution in [0.25, 0.3) is 0 Å². The number of halogens is 1. The molecule has 28 heavy (non-hydrogen) atoms. The predicted molar refractivity (Wildman–Crippen MR) is 113 cm³/mol. The molecule has 0 fully saturated rings. The van der Waals surface area contributed by atoms with Crippen LogP contribution in [-0.2, 0) is 14.8 Å². The first-order valence-corrected chi connectivity index (χ1v) is 11.0. The van der Waals surface area contributed by atoms with Crippen molar-refractivity contribution in [2.75, 3.05) is 30.3 Å². The van der Waals surface area contributed by atoms with E-state index >= 15 is 0 Å². The molecule has 0 heterocycles. The average molecular weight is 425 g/mol. The van der Waals surface area contributed by atoms with Gasteiger partial charge in [-0.25, -0.2) is 8.42 Å². The number of benzene rings is 2. The number of aryl methyl sites for hydroxylation is 3. The summed E-state index contributed by atoms with van der Waals surface area (Å²) in [7, 11) is -3.64. The minimum absolute atomic E-state index is 0.262. The third kappa shape index (κ3) is 6.14. The van der Waals surface area contributed by atoms with E-state index in [0.717, 1.165) is 33.0 Å². The minimum Gasteiger partial charge on any atom is -0.491 e. The molecular formula is C20H25ClN2O4S. The average Bonchev–Trinajstić information content (AvgIpc) is 2.59. The highest BCUT2D eigenvalue weighted by Gasteiger charge is 2.21. The summed E-state index contributed by atoms with van der Waals surface area (Å²) < 4.78 is 30.9. The molecule has 2 aromatic rings. The van der Waals surface area contributed by atoms with Crippen molar-refractivity contribution in [3.63, 3.8) is 0 Å². The van der Waals surface area contributed by atoms with E-state index in [0.29, 0.717) is 10.7 Å². The topological polar surface area (TPSA) is 75.7 Å². The number of nitrogens with one attached hydrogen (secondary N) is 1. The van der Waals surface area contributed by atoms with Crippen LogP contribution < -0.4 is 14.4 Å². The van der Waals surface area contributed by atoms with Crippen LogP contribution >= 0.6 is 11.6 Å². The number of sulfonamides is 1. The van der Waals surface area contributed by atoms with Gasteiger partial charge in [0.25, 0.3) is 0 Å². The van der Waals surface area contributed by atoms with E-state index < -0.39 is 15.9 Å². The number of anilines is 1. The van der Waals surface area contributed by atoms with Crippen LogP contribution in [0, 0.1) is 20.8 Å². The van der Waals surface area contributed by atoms with Crippen molar-refractivity contribution in [3.8, 4) is 5.75 Å². The maximum Gasteiger partial charge on any atom is 0.240 e. The third-order valence-corrected chi connectivity index (χ3v) is 5.69. The quantitative estimate of drug-likeness (QED) is 0.660. The summed E-state index contributed by atoms with van der Waals surface area (Å²) >= 11 is 6.09. The summed E-state index contributed by atoms with van der Waals surface area (Å²) in [5, 5.41) is 3.12. The number of hydrogen-bond acceptors (Lipinski definition) is 4. The van der Waals surface area contributed by atoms with E-state index in [4.69, 9.17) is 16.3 Å². The molecule has 1 N–H and O–H groups in total. The van der Waals surface area contributed by atoms with Gasteiger partial charge in [-0.1, -0.05) is 35.4 Å². The van der Waals surface area contributed by atoms with Gasteiger partial charge in [0.15, 0.2) is 0 Å². The van der Waals surface area contributed by atoms with E-state index in [9.17, 15) is 13.2 Å². The highest BCUT2D eigenvalue weighted by molar-refractivity contribution is 7.92. The standard InChI is InChI=1S/C20H25ClN2O4S/c1-14-5-8-19(16(3)11-14)27-10-9-22-20(24)13-23(28(4,25)26)17-7-6-15(2)18(21)12-17/h5-8,11-12H,9-10,13H2,1-4H3,(H,22,24). The fourth-order valence-corrected chi connectivity index (χ4v) is 3.66. The van der Waals surface area contributed by atoms with Crippen LogP contribution in [-0.4, -0.2) is 40.3 Å². The maximum atomic E-state index is 12.2. The number of hydrogen-bond donors (Lipinski definition) is 1. The molecule has 0 aliphatic rings. The van der Waals surface area contributed by atoms with Gasteiger partial charge in [0.1, 0.15) is 18.9 Å². The Kier molecular flexibility index (Phi) is 7.32. The van der Waals surface area contributed by atoms with Crippen molar-refractivity contribution in [1.29, 1.82) is 0 Å². The normalized spacial score (nSPS) is 11.2. The molecule has 0 saturated heterocycles. The first-order chi connectivity index (χ1) is 13.1. The lowest BCUT2D eigenvalue weighted by molar-refractivity contribution is -0.119. The van der Waals surface area contributed by atoms with Gasteiger partial charge in [0.2, 0.25) is 15.9 Å². The summed E-state index contributed by atoms with van der Waals surface area (Å²) in [6, 6.07) is 10.7. The molecule has 8 heteroatoms. The number of ether oxygens (including phenoxy) is 1. The molecule has 0 atom stereocenters. The molecular weight excluding hydrogens is 400 g/mol. The second kappa shape index (κ2) is 9.30. The zero-order valence-corrected chi connectivity index (χ0v) is 18.0. The molecule has 152 valence electrons. The van der Waals surface area contributed by atoms with Gasteiger partial charge < -0.3 is 10.1 Å². The molecule has 2 rings (SSSR count). The summed E-state index contributed by atoms with van der Waals surface area (Å²) in [5.41, 5.74) is 3.34. The fourth-order valence-electron chi connectivity index (χ4n) is 2.64. The highest BCUT2D eigenvalue weighted by Crippen LogP contribution is 2.24. The van der Waals surface area contributed by atoms with Crippen molar-refractivity contribution in [3.05, 3.63) is 58.1 Å². The zero-order chi connectivity index (χ0) is 20.9. The molecule has 0 aromatic heterocycles. The molecule has 2 aromatic carbocycles. The van der Waals surface area contributed by atoms with Crippen molar-refractivity contribution in [2.24, 2.45) is 0 Å². The van der Waals surface area contributed by atoms with E-state index in [1.54, 1.807) is 12.1 Å². The monoisotopic (exact) mass is 424 g/mol. The molecule has 0 spiro atoms. The molecule has 0 unspecified atom stereocenters. The second-order valence-electron chi connectivity index (χ2n) is 6.67. The van der Waals surface area contributed by atoms with E-state index in [1.165, 1.54) is 6.07 Å². The van der Waals surface area contributed by atoms with Crippen LogP contribution in [0.2, 0.25) is 5.02 Å². The van der Waals surface area contributed by atoms with Gasteiger partial charge >= 0.3 is 0 Å². The lowest BCUT2D eigenvalue weighted by Gasteiger charge is -2.22. The smallest absolute Gasteiger partial charge is 0.240 e. The SMILES string of the molecule is Cc1ccc(OCCNC(=O)CN(c2ccc(C)c(Cl)c2)S(C)(=O)=O)c(C)c1. The summed E-state index contributed by atoms with van der Waals surface area (Å²) in [5.74, 6) is 0.332. The molecule has 6 nitrogen and oxygen atoms in total. The van der Waals surface area contributed by atoms with Crippen LogP contribution in [0.15, 0.2) is 36.4 Å². The summed E-state index contributed by atoms with van der Waals surface area (Å²) in [6.45, 7) is 5.99. The molecule has 1 amide bonds. The predicted octanol–water partition coefficient (Wildman–Crippen LogP) is 3.23. The molecule has 0 aliphatic heterocycles. The minimum atomic E-state index is -3.64. The summed E-state index contributed by atoms with van der Waals surface area (Å²) in [4.78, 5) is 12.2. The van der Waals surface area contributed by atoms with E-state index in [2.05, 4.69) is 5.32 Å². The van der Waals surface area contributed by atoms with Gasteiger partial charge in [0, 0.05) is 5.02 Å². The van der Waals surface area contributed by atoms with Gasteiger partial charge in [-0.15, -0.1) is 0 Å². The van der Waals surface area contributed by atoms with Crippen molar-refractivity contribution in [1.82, 2.24) is 5.32 Å². The lowest BCUT2D eigenvalue weighted by atomic mass is 10.1. The Hall–Kier alpha value is -2.25. The second-order valence-corrected chi connectivity index (χ2v) is 8.98. The van der Waals surface area contributed by atoms with Crippen LogP contribution in [0.5, 0.6) is 5.75 Å². The van der Waals surface area contributed by atoms with Crippen LogP contribution in [0.1, 0.15) is 16.7 Å². The Labute approximate surface area is 171 Å². The Balaban J connectivity index is 1.94. The van der Waals surface area contributed by atoms with E-state index in [1.807, 2.05) is 39.0 Å². The zero-order valence-electron chi connectivity index (χ0n) is 16.5. The van der Waals surface area contributed by atoms with E-state index in [-0.39, 0.29) is 19.7 Å². The largest absolute Gasteiger partial charge is 0.491 e. The Bertz CT molecular complexity index is 961. The number of carbonyl (C=O) groups excluding carboxylic acids is 1. The number of amides is 1. The Morgan fingerprint density at radius 2 is 1.82 bits per heavy atom. The highest BCUT2D eigenvalue weighted by atomic mass is 35.5. The molecule has 0 aliphatic carbocycles. The number of nitrogens with zero attached hydrogens (tertiary/aromatic N) is 1. The summed E-state index contributed by atoms with van der Waals surface area (Å²) in [6.07, 6.45) is 1.05. The fraction of sp³-hybridized carbons (Fsp3) is 0.350. The van der Waals surface area contributed by atoms with Gasteiger partial charge in [-0.05, 0) is 50.1 Å². The first-order valence-electron chi connectivity index (χ1n) is 8.78. The van der Waals surface area contributed by atoms with Gasteiger partial charge in [-0.2, -0.15) is 0 Å². The Morgan fingerprint density at radius 1 is 1.11 bits per heavy atom. The van der Waals surface area contributed by atoms with Crippen LogP contribution in [0.4, 0.5) is 5.69 Å². The van der Waals surface area contributed by atoms with Gasteiger partial charge in [-0.3, -0.25) is 9.10 Å².